The van der Waals surface area contributed by atoms with Gasteiger partial charge in [0.1, 0.15) is 0 Å². The molecule has 1 aromatic rings. The Morgan fingerprint density at radius 2 is 2.08 bits per heavy atom. The fourth-order valence-electron chi connectivity index (χ4n) is 0.921. The van der Waals surface area contributed by atoms with Crippen LogP contribution in [0.2, 0.25) is 0 Å². The van der Waals surface area contributed by atoms with E-state index >= 15 is 0 Å². The van der Waals surface area contributed by atoms with Crippen molar-refractivity contribution in [1.82, 2.24) is 0 Å². The molecular formula is C9H12O2S. The number of hydrogen-bond donors (Lipinski definition) is 0. The lowest BCUT2D eigenvalue weighted by Gasteiger charge is -1.93. The van der Waals surface area contributed by atoms with Crippen molar-refractivity contribution in [3.05, 3.63) is 17.7 Å². The van der Waals surface area contributed by atoms with Gasteiger partial charge in [0.25, 0.3) is 0 Å². The van der Waals surface area contributed by atoms with Gasteiger partial charge in [0, 0.05) is 11.6 Å². The summed E-state index contributed by atoms with van der Waals surface area (Å²) in [5.41, 5.74) is 1.07. The Labute approximate surface area is 76.4 Å². The highest BCUT2D eigenvalue weighted by Crippen LogP contribution is 2.36. The molecule has 0 aliphatic rings. The van der Waals surface area contributed by atoms with Crippen LogP contribution in [0, 0.1) is 0 Å². The van der Waals surface area contributed by atoms with Gasteiger partial charge >= 0.3 is 0 Å². The van der Waals surface area contributed by atoms with Crippen LogP contribution in [0.5, 0.6) is 10.1 Å². The SMILES string of the molecule is C/C=C/c1cc(OC)sc1OC. The Kier molecular flexibility index (Phi) is 3.17. The zero-order valence-electron chi connectivity index (χ0n) is 7.46. The van der Waals surface area contributed by atoms with E-state index in [4.69, 9.17) is 9.47 Å². The third-order valence-electron chi connectivity index (χ3n) is 1.44. The number of ether oxygens (including phenoxy) is 2. The number of allylic oxidation sites excluding steroid dienone is 1. The predicted molar refractivity (Wildman–Crippen MR) is 52.1 cm³/mol. The second-order valence-electron chi connectivity index (χ2n) is 2.22. The van der Waals surface area contributed by atoms with E-state index in [2.05, 4.69) is 0 Å². The molecule has 66 valence electrons. The highest BCUT2D eigenvalue weighted by atomic mass is 32.1. The maximum absolute atomic E-state index is 5.17. The van der Waals surface area contributed by atoms with E-state index in [0.29, 0.717) is 0 Å². The Morgan fingerprint density at radius 1 is 1.33 bits per heavy atom. The monoisotopic (exact) mass is 184 g/mol. The van der Waals surface area contributed by atoms with Gasteiger partial charge in [-0.1, -0.05) is 23.5 Å². The molecule has 0 saturated carbocycles. The summed E-state index contributed by atoms with van der Waals surface area (Å²) in [6, 6.07) is 1.96. The summed E-state index contributed by atoms with van der Waals surface area (Å²) < 4.78 is 10.3. The van der Waals surface area contributed by atoms with Crippen LogP contribution in [-0.2, 0) is 0 Å². The molecule has 1 rings (SSSR count). The average Bonchev–Trinajstić information content (AvgIpc) is 2.48. The van der Waals surface area contributed by atoms with Crippen LogP contribution in [0.25, 0.3) is 6.08 Å². The van der Waals surface area contributed by atoms with Gasteiger partial charge in [-0.25, -0.2) is 0 Å². The summed E-state index contributed by atoms with van der Waals surface area (Å²) in [4.78, 5) is 0. The summed E-state index contributed by atoms with van der Waals surface area (Å²) >= 11 is 1.50. The van der Waals surface area contributed by atoms with Crippen LogP contribution in [-0.4, -0.2) is 14.2 Å². The topological polar surface area (TPSA) is 18.5 Å². The van der Waals surface area contributed by atoms with Crippen molar-refractivity contribution in [2.45, 2.75) is 6.92 Å². The Balaban J connectivity index is 2.99. The van der Waals surface area contributed by atoms with Crippen molar-refractivity contribution >= 4 is 17.4 Å². The molecule has 0 amide bonds. The molecule has 0 aromatic carbocycles. The van der Waals surface area contributed by atoms with Gasteiger partial charge in [-0.05, 0) is 6.92 Å². The molecule has 0 unspecified atom stereocenters. The molecule has 2 nitrogen and oxygen atoms in total. The fourth-order valence-corrected chi connectivity index (χ4v) is 1.70. The van der Waals surface area contributed by atoms with Crippen molar-refractivity contribution in [3.8, 4) is 10.1 Å². The van der Waals surface area contributed by atoms with Crippen LogP contribution < -0.4 is 9.47 Å². The molecule has 0 spiro atoms. The van der Waals surface area contributed by atoms with Crippen molar-refractivity contribution in [2.75, 3.05) is 14.2 Å². The zero-order chi connectivity index (χ0) is 8.97. The van der Waals surface area contributed by atoms with Crippen LogP contribution in [0.3, 0.4) is 0 Å². The van der Waals surface area contributed by atoms with E-state index in [1.54, 1.807) is 14.2 Å². The van der Waals surface area contributed by atoms with Crippen LogP contribution >= 0.6 is 11.3 Å². The van der Waals surface area contributed by atoms with Gasteiger partial charge in [0.05, 0.1) is 14.2 Å². The van der Waals surface area contributed by atoms with Gasteiger partial charge in [0.2, 0.25) is 0 Å². The van der Waals surface area contributed by atoms with E-state index in [1.165, 1.54) is 11.3 Å². The van der Waals surface area contributed by atoms with E-state index in [1.807, 2.05) is 25.1 Å². The highest BCUT2D eigenvalue weighted by molar-refractivity contribution is 7.15. The Hall–Kier alpha value is -0.960. The largest absolute Gasteiger partial charge is 0.487 e. The van der Waals surface area contributed by atoms with Crippen LogP contribution in [0.15, 0.2) is 12.1 Å². The van der Waals surface area contributed by atoms with Crippen molar-refractivity contribution in [1.29, 1.82) is 0 Å². The summed E-state index contributed by atoms with van der Waals surface area (Å²) in [6.45, 7) is 1.98. The van der Waals surface area contributed by atoms with Gasteiger partial charge in [-0.15, -0.1) is 0 Å². The second-order valence-corrected chi connectivity index (χ2v) is 3.19. The first-order valence-electron chi connectivity index (χ1n) is 3.66. The van der Waals surface area contributed by atoms with Gasteiger partial charge in [0.15, 0.2) is 10.1 Å². The Morgan fingerprint density at radius 3 is 2.58 bits per heavy atom. The van der Waals surface area contributed by atoms with Gasteiger partial charge in [-0.3, -0.25) is 0 Å². The lowest BCUT2D eigenvalue weighted by atomic mass is 10.3. The third-order valence-corrected chi connectivity index (χ3v) is 2.51. The second kappa shape index (κ2) is 4.16. The lowest BCUT2D eigenvalue weighted by Crippen LogP contribution is -1.78. The molecule has 0 radical (unpaired) electrons. The third kappa shape index (κ3) is 1.80. The van der Waals surface area contributed by atoms with E-state index in [9.17, 15) is 0 Å². The summed E-state index contributed by atoms with van der Waals surface area (Å²) in [6.07, 6.45) is 3.97. The molecule has 0 aliphatic heterocycles. The minimum Gasteiger partial charge on any atom is -0.487 e. The standard InChI is InChI=1S/C9H12O2S/c1-4-5-7-6-8(10-2)12-9(7)11-3/h4-6H,1-3H3/b5-4+. The van der Waals surface area contributed by atoms with Gasteiger partial charge in [-0.2, -0.15) is 0 Å². The molecule has 0 N–H and O–H groups in total. The molecule has 0 saturated heterocycles. The molecule has 3 heteroatoms. The summed E-state index contributed by atoms with van der Waals surface area (Å²) in [7, 11) is 3.32. The number of thiophene rings is 1. The lowest BCUT2D eigenvalue weighted by molar-refractivity contribution is 0.424. The smallest absolute Gasteiger partial charge is 0.184 e. The van der Waals surface area contributed by atoms with Gasteiger partial charge < -0.3 is 9.47 Å². The van der Waals surface area contributed by atoms with Crippen LogP contribution in [0.4, 0.5) is 0 Å². The van der Waals surface area contributed by atoms with E-state index in [0.717, 1.165) is 15.7 Å². The first-order chi connectivity index (χ1) is 5.81. The molecule has 0 bridgehead atoms. The molecule has 0 fully saturated rings. The minimum atomic E-state index is 0.875. The first kappa shape index (κ1) is 9.13. The maximum atomic E-state index is 5.17. The predicted octanol–water partition coefficient (Wildman–Crippen LogP) is 2.80. The molecule has 1 aromatic heterocycles. The quantitative estimate of drug-likeness (QED) is 0.719. The number of methoxy groups -OCH3 is 2. The van der Waals surface area contributed by atoms with E-state index < -0.39 is 0 Å². The molecule has 0 aliphatic carbocycles. The van der Waals surface area contributed by atoms with E-state index in [-0.39, 0.29) is 0 Å². The molecular weight excluding hydrogens is 172 g/mol. The highest BCUT2D eigenvalue weighted by Gasteiger charge is 2.05. The van der Waals surface area contributed by atoms with Crippen molar-refractivity contribution in [2.24, 2.45) is 0 Å². The maximum Gasteiger partial charge on any atom is 0.184 e. The number of rotatable bonds is 3. The summed E-state index contributed by atoms with van der Waals surface area (Å²) in [5.74, 6) is 0. The zero-order valence-corrected chi connectivity index (χ0v) is 8.27. The Bertz CT molecular complexity index is 276. The molecule has 12 heavy (non-hydrogen) atoms. The summed E-state index contributed by atoms with van der Waals surface area (Å²) in [5, 5.41) is 1.77. The van der Waals surface area contributed by atoms with Crippen molar-refractivity contribution in [3.63, 3.8) is 0 Å². The normalized spacial score (nSPS) is 10.6. The van der Waals surface area contributed by atoms with Crippen LogP contribution in [0.1, 0.15) is 12.5 Å². The van der Waals surface area contributed by atoms with Crippen molar-refractivity contribution < 1.29 is 9.47 Å². The number of hydrogen-bond acceptors (Lipinski definition) is 3. The fraction of sp³-hybridized carbons (Fsp3) is 0.333. The molecule has 0 atom stereocenters. The first-order valence-corrected chi connectivity index (χ1v) is 4.48. The minimum absolute atomic E-state index is 0.875. The average molecular weight is 184 g/mol. The molecule has 1 heterocycles.